The summed E-state index contributed by atoms with van der Waals surface area (Å²) in [5, 5.41) is 7.67. The third-order valence-electron chi connectivity index (χ3n) is 7.13. The summed E-state index contributed by atoms with van der Waals surface area (Å²) in [6.07, 6.45) is 4.14. The first-order valence-electron chi connectivity index (χ1n) is 9.13. The Morgan fingerprint density at radius 2 is 2.31 bits per heavy atom. The molecule has 1 saturated carbocycles. The van der Waals surface area contributed by atoms with Crippen LogP contribution in [-0.2, 0) is 9.57 Å². The van der Waals surface area contributed by atoms with Gasteiger partial charge in [-0.25, -0.2) is 14.3 Å². The minimum Gasteiger partial charge on any atom is -0.450 e. The zero-order valence-electron chi connectivity index (χ0n) is 15.2. The van der Waals surface area contributed by atoms with Crippen LogP contribution < -0.4 is 5.32 Å². The molecule has 3 unspecified atom stereocenters. The Balaban J connectivity index is 1.25. The number of quaternary nitrogens is 1. The highest BCUT2D eigenvalue weighted by molar-refractivity contribution is 5.89. The van der Waals surface area contributed by atoms with Crippen LogP contribution in [-0.4, -0.2) is 68.1 Å². The maximum atomic E-state index is 6.36. The van der Waals surface area contributed by atoms with Crippen molar-refractivity contribution in [3.63, 3.8) is 0 Å². The topological polar surface area (TPSA) is 85.9 Å². The monoisotopic (exact) mass is 356 g/mol. The average molecular weight is 356 g/mol. The van der Waals surface area contributed by atoms with Gasteiger partial charge in [0.2, 0.25) is 0 Å². The number of piperidine rings is 1. The lowest BCUT2D eigenvalue weighted by Gasteiger charge is -2.47. The molecule has 2 saturated heterocycles. The van der Waals surface area contributed by atoms with E-state index in [1.165, 1.54) is 12.8 Å². The minimum absolute atomic E-state index is 0.234. The second-order valence-electron chi connectivity index (χ2n) is 8.11. The second kappa shape index (κ2) is 4.34. The number of nitrogens with zero attached hydrogens (tertiary/aromatic N) is 6. The zero-order chi connectivity index (χ0) is 17.7. The minimum atomic E-state index is -0.234. The number of rotatable bonds is 2. The number of amidine groups is 1. The van der Waals surface area contributed by atoms with Gasteiger partial charge in [-0.15, -0.1) is 5.10 Å². The molecule has 1 aliphatic carbocycles. The Morgan fingerprint density at radius 1 is 1.42 bits per heavy atom. The highest BCUT2D eigenvalue weighted by atomic mass is 16.7. The van der Waals surface area contributed by atoms with E-state index in [0.29, 0.717) is 35.6 Å². The van der Waals surface area contributed by atoms with Crippen LogP contribution >= 0.6 is 0 Å². The second-order valence-corrected chi connectivity index (χ2v) is 8.11. The highest BCUT2D eigenvalue weighted by Crippen LogP contribution is 2.72. The van der Waals surface area contributed by atoms with Gasteiger partial charge in [0.25, 0.3) is 12.0 Å². The van der Waals surface area contributed by atoms with Crippen molar-refractivity contribution in [3.8, 4) is 0 Å². The summed E-state index contributed by atoms with van der Waals surface area (Å²) < 4.78 is 8.90. The van der Waals surface area contributed by atoms with Gasteiger partial charge >= 0.3 is 0 Å². The lowest BCUT2D eigenvalue weighted by Crippen LogP contribution is -2.65. The number of hydroxylamine groups is 3. The molecular formula is C17H22N7O2+. The molecular weight excluding hydrogens is 334 g/mol. The molecule has 1 N–H and O–H groups in total. The number of aryl methyl sites for hydroxylation is 2. The summed E-state index contributed by atoms with van der Waals surface area (Å²) in [6, 6.07) is 0.516. The molecule has 3 fully saturated rings. The molecule has 0 bridgehead atoms. The van der Waals surface area contributed by atoms with Gasteiger partial charge in [0, 0.05) is 6.42 Å². The predicted molar refractivity (Wildman–Crippen MR) is 92.5 cm³/mol. The summed E-state index contributed by atoms with van der Waals surface area (Å²) in [6.45, 7) is 6.58. The SMILES string of the molecule is CO[N+]12CCC13CC3[C@]1(CN=C(Nc3nc4cnc(C)c(C)n4n3)O1)C2. The quantitative estimate of drug-likeness (QED) is 0.803. The van der Waals surface area contributed by atoms with E-state index in [4.69, 9.17) is 9.57 Å². The van der Waals surface area contributed by atoms with E-state index in [0.717, 1.165) is 29.1 Å². The number of anilines is 1. The Morgan fingerprint density at radius 3 is 3.04 bits per heavy atom. The Hall–Kier alpha value is -2.26. The first-order valence-corrected chi connectivity index (χ1v) is 9.13. The van der Waals surface area contributed by atoms with Gasteiger partial charge < -0.3 is 4.74 Å². The highest BCUT2D eigenvalue weighted by Gasteiger charge is 2.89. The zero-order valence-corrected chi connectivity index (χ0v) is 15.2. The van der Waals surface area contributed by atoms with Gasteiger partial charge in [0.05, 0.1) is 43.6 Å². The number of aliphatic imine (C=N–C) groups is 1. The summed E-state index contributed by atoms with van der Waals surface area (Å²) in [5.41, 5.74) is 2.67. The van der Waals surface area contributed by atoms with Gasteiger partial charge in [0.15, 0.2) is 17.8 Å². The molecule has 26 heavy (non-hydrogen) atoms. The normalized spacial score (nSPS) is 39.3. The largest absolute Gasteiger partial charge is 0.450 e. The summed E-state index contributed by atoms with van der Waals surface area (Å²) in [7, 11) is 1.82. The Bertz CT molecular complexity index is 983. The lowest BCUT2D eigenvalue weighted by atomic mass is 9.97. The molecule has 5 heterocycles. The van der Waals surface area contributed by atoms with Crippen molar-refractivity contribution in [2.24, 2.45) is 10.9 Å². The van der Waals surface area contributed by atoms with E-state index >= 15 is 0 Å². The molecule has 0 aromatic carbocycles. The molecule has 2 aromatic heterocycles. The fourth-order valence-electron chi connectivity index (χ4n) is 5.46. The van der Waals surface area contributed by atoms with Crippen LogP contribution in [0.1, 0.15) is 24.2 Å². The molecule has 9 nitrogen and oxygen atoms in total. The third kappa shape index (κ3) is 1.55. The van der Waals surface area contributed by atoms with Crippen molar-refractivity contribution in [1.82, 2.24) is 19.6 Å². The van der Waals surface area contributed by atoms with Crippen LogP contribution in [0.15, 0.2) is 11.2 Å². The molecule has 2 spiro atoms. The predicted octanol–water partition coefficient (Wildman–Crippen LogP) is 0.832. The molecule has 2 aromatic rings. The number of ether oxygens (including phenoxy) is 1. The molecule has 9 heteroatoms. The van der Waals surface area contributed by atoms with Crippen LogP contribution in [0.5, 0.6) is 0 Å². The lowest BCUT2D eigenvalue weighted by molar-refractivity contribution is -1.15. The van der Waals surface area contributed by atoms with Crippen molar-refractivity contribution in [1.29, 1.82) is 0 Å². The van der Waals surface area contributed by atoms with Gasteiger partial charge in [-0.1, -0.05) is 0 Å². The molecule has 0 radical (unpaired) electrons. The summed E-state index contributed by atoms with van der Waals surface area (Å²) in [5.74, 6) is 1.02. The fraction of sp³-hybridized carbons (Fsp3) is 0.647. The van der Waals surface area contributed by atoms with Crippen LogP contribution in [0.4, 0.5) is 5.95 Å². The average Bonchev–Trinajstić information content (AvgIpc) is 3.09. The number of nitrogens with one attached hydrogen (secondary N) is 1. The molecule has 4 aliphatic rings. The number of fused-ring (bicyclic) bond motifs is 2. The Kier molecular flexibility index (Phi) is 2.48. The van der Waals surface area contributed by atoms with Crippen molar-refractivity contribution >= 4 is 17.6 Å². The number of hydrogen-bond acceptors (Lipinski definition) is 7. The van der Waals surface area contributed by atoms with E-state index in [9.17, 15) is 0 Å². The summed E-state index contributed by atoms with van der Waals surface area (Å²) >= 11 is 0. The first kappa shape index (κ1) is 14.9. The van der Waals surface area contributed by atoms with E-state index in [1.807, 2.05) is 21.0 Å². The molecule has 6 rings (SSSR count). The van der Waals surface area contributed by atoms with E-state index in [2.05, 4.69) is 25.4 Å². The van der Waals surface area contributed by atoms with Crippen molar-refractivity contribution in [2.45, 2.75) is 37.8 Å². The van der Waals surface area contributed by atoms with Crippen molar-refractivity contribution < 1.29 is 14.2 Å². The van der Waals surface area contributed by atoms with Crippen LogP contribution in [0, 0.1) is 19.8 Å². The maximum absolute atomic E-state index is 6.36. The smallest absolute Gasteiger partial charge is 0.292 e. The van der Waals surface area contributed by atoms with E-state index in [-0.39, 0.29) is 5.60 Å². The Labute approximate surface area is 150 Å². The van der Waals surface area contributed by atoms with E-state index in [1.54, 1.807) is 10.7 Å². The van der Waals surface area contributed by atoms with Crippen molar-refractivity contribution in [3.05, 3.63) is 17.6 Å². The molecule has 136 valence electrons. The van der Waals surface area contributed by atoms with Gasteiger partial charge in [-0.2, -0.15) is 9.63 Å². The van der Waals surface area contributed by atoms with Crippen LogP contribution in [0.2, 0.25) is 0 Å². The van der Waals surface area contributed by atoms with Crippen LogP contribution in [0.3, 0.4) is 0 Å². The molecule has 0 amide bonds. The number of hydrogen-bond donors (Lipinski definition) is 1. The standard InChI is InChI=1S/C17H22N7O2/c1-10-11(2)23-13(7-18-10)20-14(22-23)21-15-19-8-17(26-15)9-24(25-3)5-4-16(24)6-12(16)17/h7,12H,4-6,8-9H2,1-3H3,(H,19,21,22)/q+1/t12?,16?,17-,24?/m0/s1. The first-order chi connectivity index (χ1) is 12.5. The summed E-state index contributed by atoms with van der Waals surface area (Å²) in [4.78, 5) is 19.3. The van der Waals surface area contributed by atoms with Gasteiger partial charge in [-0.05, 0) is 13.8 Å². The molecule has 3 aliphatic heterocycles. The maximum Gasteiger partial charge on any atom is 0.292 e. The van der Waals surface area contributed by atoms with Crippen molar-refractivity contribution in [2.75, 3.05) is 32.1 Å². The van der Waals surface area contributed by atoms with E-state index < -0.39 is 0 Å². The fourth-order valence-corrected chi connectivity index (χ4v) is 5.46. The van der Waals surface area contributed by atoms with Crippen LogP contribution in [0.25, 0.3) is 5.65 Å². The van der Waals surface area contributed by atoms with Gasteiger partial charge in [-0.3, -0.25) is 10.3 Å². The number of aromatic nitrogens is 4. The molecule has 4 atom stereocenters. The van der Waals surface area contributed by atoms with Gasteiger partial charge in [0.1, 0.15) is 12.1 Å². The third-order valence-corrected chi connectivity index (χ3v) is 7.13.